The van der Waals surface area contributed by atoms with E-state index in [1.807, 2.05) is 20.8 Å². The first-order valence-corrected chi connectivity index (χ1v) is 18.2. The maximum atomic E-state index is 11.4. The first-order chi connectivity index (χ1) is 20.2. The number of nitrogens with two attached hydrogens (primary N) is 1. The van der Waals surface area contributed by atoms with Gasteiger partial charge in [0.1, 0.15) is 0 Å². The van der Waals surface area contributed by atoms with Crippen LogP contribution in [0.4, 0.5) is 0 Å². The lowest BCUT2D eigenvalue weighted by Crippen LogP contribution is -2.18. The molecule has 0 aliphatic carbocycles. The lowest BCUT2D eigenvalue weighted by molar-refractivity contribution is 0.584. The number of halogens is 2. The summed E-state index contributed by atoms with van der Waals surface area (Å²) in [5.41, 5.74) is 0. The minimum Gasteiger partial charge on any atom is -0.563 e. The molecule has 0 saturated heterocycles. The van der Waals surface area contributed by atoms with E-state index >= 15 is 0 Å². The van der Waals surface area contributed by atoms with Crippen LogP contribution in [-0.2, 0) is 29.1 Å². The van der Waals surface area contributed by atoms with E-state index in [-0.39, 0.29) is 38.7 Å². The van der Waals surface area contributed by atoms with Gasteiger partial charge in [0.2, 0.25) is 20.0 Å². The molecule has 0 unspecified atom stereocenters. The standard InChI is InChI=1S/C9H13BNO3S.C8H9BClO3S.C8H11BNO3S.HI/c1-3-10-14-8-4-6-9(7-5-8)15(12,13)11-2;2*1-2-9-13-7-3-5-8(6-4-7)14(10,11)12;/h4-7,11H,3H2,1-2H3;3-6H,2H2,1H3;3-6H,2H2,1H3,(H2,10,11,12);1H. The molecule has 0 heterocycles. The molecule has 0 aliphatic rings. The Balaban J connectivity index is 0.000000624. The van der Waals surface area contributed by atoms with E-state index in [1.165, 1.54) is 43.4 Å². The summed E-state index contributed by atoms with van der Waals surface area (Å²) in [7, 11) is 0.842. The second-order valence-electron chi connectivity index (χ2n) is 8.18. The van der Waals surface area contributed by atoms with Gasteiger partial charge < -0.3 is 14.0 Å². The summed E-state index contributed by atoms with van der Waals surface area (Å²) in [6.07, 6.45) is 2.38. The first kappa shape index (κ1) is 42.0. The van der Waals surface area contributed by atoms with E-state index in [0.29, 0.717) is 17.2 Å². The van der Waals surface area contributed by atoms with Gasteiger partial charge in [-0.05, 0) is 98.8 Å². The molecule has 0 atom stereocenters. The normalized spacial score (nSPS) is 10.8. The topological polar surface area (TPSA) is 168 Å². The average Bonchev–Trinajstić information content (AvgIpc) is 2.98. The molecule has 11 nitrogen and oxygen atoms in total. The molecule has 3 N–H and O–H groups in total. The van der Waals surface area contributed by atoms with E-state index < -0.39 is 29.1 Å². The largest absolute Gasteiger partial charge is 0.563 e. The van der Waals surface area contributed by atoms with Crippen LogP contribution in [0.5, 0.6) is 17.2 Å². The van der Waals surface area contributed by atoms with Gasteiger partial charge in [-0.2, -0.15) is 0 Å². The van der Waals surface area contributed by atoms with Crippen molar-refractivity contribution in [2.24, 2.45) is 5.14 Å². The van der Waals surface area contributed by atoms with Gasteiger partial charge in [0, 0.05) is 10.7 Å². The summed E-state index contributed by atoms with van der Waals surface area (Å²) in [5.74, 6) is 1.82. The predicted molar refractivity (Wildman–Crippen MR) is 186 cm³/mol. The fraction of sp³-hybridized carbons (Fsp3) is 0.280. The third kappa shape index (κ3) is 16.4. The van der Waals surface area contributed by atoms with Crippen molar-refractivity contribution in [3.63, 3.8) is 0 Å². The van der Waals surface area contributed by atoms with Crippen molar-refractivity contribution in [1.82, 2.24) is 4.72 Å². The Morgan fingerprint density at radius 2 is 0.909 bits per heavy atom. The quantitative estimate of drug-likeness (QED) is 0.144. The van der Waals surface area contributed by atoms with Crippen LogP contribution in [0.2, 0.25) is 19.0 Å². The zero-order valence-corrected chi connectivity index (χ0v) is 30.1. The van der Waals surface area contributed by atoms with Crippen molar-refractivity contribution in [2.45, 2.75) is 54.4 Å². The minimum atomic E-state index is -3.63. The van der Waals surface area contributed by atoms with Crippen molar-refractivity contribution < 1.29 is 39.2 Å². The molecule has 3 aromatic carbocycles. The molecule has 19 heteroatoms. The minimum absolute atomic E-state index is 0. The van der Waals surface area contributed by atoms with Crippen molar-refractivity contribution in [2.75, 3.05) is 7.05 Å². The molecular weight excluding hydrogens is 763 g/mol. The summed E-state index contributed by atoms with van der Waals surface area (Å²) < 4.78 is 84.0. The first-order valence-electron chi connectivity index (χ1n) is 12.8. The van der Waals surface area contributed by atoms with Gasteiger partial charge in [-0.1, -0.05) is 20.8 Å². The molecule has 0 amide bonds. The van der Waals surface area contributed by atoms with E-state index in [2.05, 4.69) is 4.72 Å². The highest BCUT2D eigenvalue weighted by atomic mass is 127. The summed E-state index contributed by atoms with van der Waals surface area (Å²) in [6, 6.07) is 18.1. The lowest BCUT2D eigenvalue weighted by atomic mass is 9.97. The monoisotopic (exact) mass is 797 g/mol. The Bertz CT molecular complexity index is 1490. The zero-order valence-electron chi connectivity index (χ0n) is 24.5. The lowest BCUT2D eigenvalue weighted by Gasteiger charge is -2.05. The maximum absolute atomic E-state index is 11.4. The van der Waals surface area contributed by atoms with Crippen LogP contribution in [0.3, 0.4) is 0 Å². The van der Waals surface area contributed by atoms with Gasteiger partial charge in [-0.15, -0.1) is 24.0 Å². The number of primary sulfonamides is 1. The number of nitrogens with one attached hydrogen (secondary N) is 1. The van der Waals surface area contributed by atoms with E-state index in [0.717, 1.165) is 19.0 Å². The Morgan fingerprint density at radius 1 is 0.614 bits per heavy atom. The van der Waals surface area contributed by atoms with Gasteiger partial charge in [0.25, 0.3) is 9.05 Å². The molecule has 0 aliphatic heterocycles. The SMILES string of the molecule is CC[B]Oc1ccc(S(=O)(=O)Cl)cc1.CC[B]Oc1ccc(S(=O)(=O)NC)cc1.CC[B]Oc1ccc(S(N)(=O)=O)cc1.I. The second-order valence-corrected chi connectivity index (χ2v) is 14.2. The Morgan fingerprint density at radius 3 is 1.16 bits per heavy atom. The molecule has 3 aromatic rings. The molecule has 239 valence electrons. The third-order valence-electron chi connectivity index (χ3n) is 4.82. The van der Waals surface area contributed by atoms with Crippen LogP contribution in [0, 0.1) is 0 Å². The van der Waals surface area contributed by atoms with Gasteiger partial charge in [-0.3, -0.25) is 0 Å². The highest BCUT2D eigenvalue weighted by Gasteiger charge is 2.11. The predicted octanol–water partition coefficient (Wildman–Crippen LogP) is 4.47. The fourth-order valence-corrected chi connectivity index (χ4v) is 4.76. The van der Waals surface area contributed by atoms with Crippen LogP contribution in [0.25, 0.3) is 0 Å². The van der Waals surface area contributed by atoms with Crippen LogP contribution in [-0.4, -0.2) is 54.7 Å². The second kappa shape index (κ2) is 21.0. The van der Waals surface area contributed by atoms with Crippen molar-refractivity contribution in [1.29, 1.82) is 0 Å². The summed E-state index contributed by atoms with van der Waals surface area (Å²) in [4.78, 5) is 0.387. The molecule has 0 aromatic heterocycles. The van der Waals surface area contributed by atoms with Gasteiger partial charge in [0.15, 0.2) is 0 Å². The van der Waals surface area contributed by atoms with Crippen LogP contribution in [0.1, 0.15) is 20.8 Å². The van der Waals surface area contributed by atoms with Crippen LogP contribution < -0.4 is 23.8 Å². The number of hydrogen-bond donors (Lipinski definition) is 2. The highest BCUT2D eigenvalue weighted by Crippen LogP contribution is 2.19. The molecule has 0 spiro atoms. The molecule has 44 heavy (non-hydrogen) atoms. The fourth-order valence-electron chi connectivity index (χ4n) is 2.74. The Labute approximate surface area is 285 Å². The van der Waals surface area contributed by atoms with Gasteiger partial charge in [0.05, 0.1) is 31.9 Å². The molecule has 0 bridgehead atoms. The Kier molecular flexibility index (Phi) is 20.0. The van der Waals surface area contributed by atoms with Crippen molar-refractivity contribution in [3.05, 3.63) is 72.8 Å². The third-order valence-corrected chi connectivity index (χ3v) is 8.55. The molecule has 3 radical (unpaired) electrons. The van der Waals surface area contributed by atoms with E-state index in [4.69, 9.17) is 29.8 Å². The summed E-state index contributed by atoms with van der Waals surface area (Å²) in [5, 5.41) is 4.93. The van der Waals surface area contributed by atoms with Crippen molar-refractivity contribution >= 4 is 86.2 Å². The van der Waals surface area contributed by atoms with Crippen LogP contribution in [0.15, 0.2) is 87.5 Å². The number of benzene rings is 3. The van der Waals surface area contributed by atoms with Crippen LogP contribution >= 0.6 is 34.7 Å². The number of hydrogen-bond acceptors (Lipinski definition) is 9. The molecule has 0 fully saturated rings. The molecular formula is C25H34B3ClIN2O9S3. The van der Waals surface area contributed by atoms with Gasteiger partial charge in [-0.25, -0.2) is 35.1 Å². The summed E-state index contributed by atoms with van der Waals surface area (Å²) >= 11 is 0. The summed E-state index contributed by atoms with van der Waals surface area (Å²) in [6.45, 7) is 5.84. The maximum Gasteiger partial charge on any atom is 0.369 e. The number of sulfonamides is 2. The van der Waals surface area contributed by atoms with E-state index in [9.17, 15) is 25.3 Å². The molecule has 0 saturated carbocycles. The molecule has 3 rings (SSSR count). The zero-order chi connectivity index (χ0) is 32.5. The number of rotatable bonds is 13. The average molecular weight is 798 g/mol. The Hall–Kier alpha value is -1.96. The van der Waals surface area contributed by atoms with Gasteiger partial charge >= 0.3 is 22.4 Å². The van der Waals surface area contributed by atoms with E-state index in [1.54, 1.807) is 58.8 Å². The highest BCUT2D eigenvalue weighted by molar-refractivity contribution is 14.0. The smallest absolute Gasteiger partial charge is 0.369 e. The van der Waals surface area contributed by atoms with Crippen molar-refractivity contribution in [3.8, 4) is 17.2 Å².